The van der Waals surface area contributed by atoms with Gasteiger partial charge in [0.25, 0.3) is 0 Å². The molecule has 2 atom stereocenters. The van der Waals surface area contributed by atoms with Gasteiger partial charge in [-0.3, -0.25) is 4.79 Å². The molecule has 0 bridgehead atoms. The number of hydrogen-bond acceptors (Lipinski definition) is 1. The highest BCUT2D eigenvalue weighted by atomic mass is 16.1. The molecule has 0 saturated carbocycles. The van der Waals surface area contributed by atoms with E-state index in [9.17, 15) is 4.79 Å². The van der Waals surface area contributed by atoms with Crippen molar-refractivity contribution in [2.75, 3.05) is 0 Å². The highest BCUT2D eigenvalue weighted by Gasteiger charge is 2.13. The van der Waals surface area contributed by atoms with Crippen LogP contribution in [0.2, 0.25) is 0 Å². The van der Waals surface area contributed by atoms with E-state index in [-0.39, 0.29) is 5.78 Å². The van der Waals surface area contributed by atoms with Gasteiger partial charge in [0.15, 0.2) is 5.78 Å². The van der Waals surface area contributed by atoms with Crippen molar-refractivity contribution in [1.82, 2.24) is 0 Å². The molecule has 0 heterocycles. The zero-order valence-corrected chi connectivity index (χ0v) is 7.29. The zero-order valence-electron chi connectivity index (χ0n) is 7.29. The van der Waals surface area contributed by atoms with Crippen LogP contribution in [0.25, 0.3) is 0 Å². The molecule has 1 rings (SSSR count). The fourth-order valence-corrected chi connectivity index (χ4v) is 1.16. The average Bonchev–Trinajstić information content (AvgIpc) is 1.94. The second kappa shape index (κ2) is 3.04. The van der Waals surface area contributed by atoms with Crippen molar-refractivity contribution in [1.29, 1.82) is 0 Å². The third kappa shape index (κ3) is 1.79. The summed E-state index contributed by atoms with van der Waals surface area (Å²) in [6.45, 7) is 5.91. The Kier molecular flexibility index (Phi) is 2.28. The van der Waals surface area contributed by atoms with Gasteiger partial charge < -0.3 is 0 Å². The molecular formula is C10H14O. The maximum Gasteiger partial charge on any atom is 0.159 e. The second-order valence-corrected chi connectivity index (χ2v) is 3.26. The molecule has 0 spiro atoms. The molecule has 0 aliphatic heterocycles. The standard InChI is InChI=1S/C10H14O/c1-7-4-5-10(9(3)11)6-8(7)2/h4-8H,1-3H3. The molecule has 0 aromatic carbocycles. The largest absolute Gasteiger partial charge is 0.295 e. The van der Waals surface area contributed by atoms with Crippen molar-refractivity contribution in [2.24, 2.45) is 11.8 Å². The molecule has 1 heteroatoms. The van der Waals surface area contributed by atoms with E-state index in [1.165, 1.54) is 0 Å². The summed E-state index contributed by atoms with van der Waals surface area (Å²) in [6, 6.07) is 0. The molecule has 0 fully saturated rings. The van der Waals surface area contributed by atoms with Crippen molar-refractivity contribution in [2.45, 2.75) is 20.8 Å². The van der Waals surface area contributed by atoms with Crippen LogP contribution in [-0.4, -0.2) is 5.78 Å². The third-order valence-electron chi connectivity index (χ3n) is 2.26. The van der Waals surface area contributed by atoms with Gasteiger partial charge in [0.1, 0.15) is 0 Å². The lowest BCUT2D eigenvalue weighted by atomic mass is 9.88. The van der Waals surface area contributed by atoms with Gasteiger partial charge >= 0.3 is 0 Å². The molecule has 1 aliphatic rings. The molecule has 1 nitrogen and oxygen atoms in total. The summed E-state index contributed by atoms with van der Waals surface area (Å²) >= 11 is 0. The average molecular weight is 150 g/mol. The topological polar surface area (TPSA) is 17.1 Å². The molecule has 60 valence electrons. The smallest absolute Gasteiger partial charge is 0.159 e. The second-order valence-electron chi connectivity index (χ2n) is 3.26. The summed E-state index contributed by atoms with van der Waals surface area (Å²) in [5.74, 6) is 1.23. The van der Waals surface area contributed by atoms with Gasteiger partial charge in [-0.05, 0) is 18.8 Å². The summed E-state index contributed by atoms with van der Waals surface area (Å²) in [5.41, 5.74) is 0.857. The van der Waals surface area contributed by atoms with Crippen molar-refractivity contribution in [3.8, 4) is 0 Å². The molecule has 0 saturated heterocycles. The highest BCUT2D eigenvalue weighted by Crippen LogP contribution is 2.21. The predicted octanol–water partition coefficient (Wildman–Crippen LogP) is 2.34. The lowest BCUT2D eigenvalue weighted by Crippen LogP contribution is -2.09. The highest BCUT2D eigenvalue weighted by molar-refractivity contribution is 5.96. The predicted molar refractivity (Wildman–Crippen MR) is 46.2 cm³/mol. The first-order valence-electron chi connectivity index (χ1n) is 4.02. The summed E-state index contributed by atoms with van der Waals surface area (Å²) in [7, 11) is 0. The molecule has 1 aliphatic carbocycles. The van der Waals surface area contributed by atoms with Crippen LogP contribution in [-0.2, 0) is 4.79 Å². The maximum atomic E-state index is 10.9. The van der Waals surface area contributed by atoms with E-state index in [1.54, 1.807) is 6.92 Å². The number of ketones is 1. The zero-order chi connectivity index (χ0) is 8.43. The molecule has 11 heavy (non-hydrogen) atoms. The van der Waals surface area contributed by atoms with Gasteiger partial charge in [-0.2, -0.15) is 0 Å². The summed E-state index contributed by atoms with van der Waals surface area (Å²) < 4.78 is 0. The van der Waals surface area contributed by atoms with Crippen LogP contribution >= 0.6 is 0 Å². The minimum absolute atomic E-state index is 0.167. The van der Waals surface area contributed by atoms with E-state index in [2.05, 4.69) is 19.9 Å². The Bertz CT molecular complexity index is 223. The van der Waals surface area contributed by atoms with Crippen LogP contribution in [0.1, 0.15) is 20.8 Å². The van der Waals surface area contributed by atoms with E-state index >= 15 is 0 Å². The number of carbonyl (C=O) groups is 1. The van der Waals surface area contributed by atoms with Crippen LogP contribution in [0.15, 0.2) is 23.8 Å². The summed E-state index contributed by atoms with van der Waals surface area (Å²) in [6.07, 6.45) is 6.07. The third-order valence-corrected chi connectivity index (χ3v) is 2.26. The fourth-order valence-electron chi connectivity index (χ4n) is 1.16. The minimum atomic E-state index is 0.167. The SMILES string of the molecule is CC(=O)C1=CC(C)C(C)C=C1. The number of hydrogen-bond donors (Lipinski definition) is 0. The fraction of sp³-hybridized carbons (Fsp3) is 0.500. The quantitative estimate of drug-likeness (QED) is 0.560. The van der Waals surface area contributed by atoms with Crippen molar-refractivity contribution in [3.63, 3.8) is 0 Å². The molecule has 2 unspecified atom stereocenters. The van der Waals surface area contributed by atoms with Crippen LogP contribution in [0, 0.1) is 11.8 Å². The van der Waals surface area contributed by atoms with Gasteiger partial charge in [-0.25, -0.2) is 0 Å². The maximum absolute atomic E-state index is 10.9. The van der Waals surface area contributed by atoms with Crippen LogP contribution in [0.3, 0.4) is 0 Å². The van der Waals surface area contributed by atoms with Crippen molar-refractivity contribution in [3.05, 3.63) is 23.8 Å². The first-order chi connectivity index (χ1) is 5.11. The number of Topliss-reactive ketones (excluding diaryl/α,β-unsaturated/α-hetero) is 1. The van der Waals surface area contributed by atoms with Crippen molar-refractivity contribution < 1.29 is 4.79 Å². The van der Waals surface area contributed by atoms with Gasteiger partial charge in [-0.1, -0.05) is 32.1 Å². The van der Waals surface area contributed by atoms with E-state index in [1.807, 2.05) is 12.2 Å². The molecule has 0 amide bonds. The Morgan fingerprint density at radius 2 is 2.00 bits per heavy atom. The van der Waals surface area contributed by atoms with E-state index in [0.29, 0.717) is 11.8 Å². The first kappa shape index (κ1) is 8.25. The molecule has 0 aromatic heterocycles. The van der Waals surface area contributed by atoms with Gasteiger partial charge in [0.05, 0.1) is 0 Å². The molecule has 0 N–H and O–H groups in total. The first-order valence-corrected chi connectivity index (χ1v) is 4.02. The van der Waals surface area contributed by atoms with Gasteiger partial charge in [0.2, 0.25) is 0 Å². The van der Waals surface area contributed by atoms with Crippen LogP contribution in [0.4, 0.5) is 0 Å². The Morgan fingerprint density at radius 1 is 1.36 bits per heavy atom. The van der Waals surface area contributed by atoms with E-state index in [0.717, 1.165) is 5.57 Å². The van der Waals surface area contributed by atoms with Crippen molar-refractivity contribution >= 4 is 5.78 Å². The molecule has 0 radical (unpaired) electrons. The van der Waals surface area contributed by atoms with E-state index in [4.69, 9.17) is 0 Å². The Morgan fingerprint density at radius 3 is 2.45 bits per heavy atom. The number of carbonyl (C=O) groups excluding carboxylic acids is 1. The van der Waals surface area contributed by atoms with E-state index < -0.39 is 0 Å². The number of rotatable bonds is 1. The Hall–Kier alpha value is -0.850. The van der Waals surface area contributed by atoms with Crippen LogP contribution < -0.4 is 0 Å². The molecular weight excluding hydrogens is 136 g/mol. The Labute approximate surface area is 67.8 Å². The monoisotopic (exact) mass is 150 g/mol. The lowest BCUT2D eigenvalue weighted by molar-refractivity contribution is -0.113. The summed E-state index contributed by atoms with van der Waals surface area (Å²) in [5, 5.41) is 0. The summed E-state index contributed by atoms with van der Waals surface area (Å²) in [4.78, 5) is 10.9. The molecule has 0 aromatic rings. The minimum Gasteiger partial charge on any atom is -0.295 e. The normalized spacial score (nSPS) is 29.9. The van der Waals surface area contributed by atoms with Gasteiger partial charge in [0, 0.05) is 5.57 Å². The number of allylic oxidation sites excluding steroid dienone is 4. The van der Waals surface area contributed by atoms with Crippen LogP contribution in [0.5, 0.6) is 0 Å². The lowest BCUT2D eigenvalue weighted by Gasteiger charge is -2.17. The van der Waals surface area contributed by atoms with Gasteiger partial charge in [-0.15, -0.1) is 0 Å². The Balaban J connectivity index is 2.80.